The molecule has 5 heterocycles. The number of nitrogens with one attached hydrogen (secondary N) is 3. The standard InChI is InChI=1S/C45H53N5O/c1-10-13-15-17-34-30(8)38-23-36-26(4)28(6)44(49-36)43(32-19-21-33(22-20-32)46-42(51)12-3)45-29(7)27(5)37(50-45)24-39-31(9)35(18-16-14-11-2)41(48-39)25-40(34)47-38/h12,19-25,47-48H,3,10-11,13-18H2,1-2,4-9H3,(H,46,51). The Bertz CT molecular complexity index is 2120. The van der Waals surface area contributed by atoms with Gasteiger partial charge in [-0.1, -0.05) is 58.2 Å². The molecule has 1 aromatic carbocycles. The number of fused-ring (bicyclic) bond motifs is 8. The minimum Gasteiger partial charge on any atom is -0.355 e. The Balaban J connectivity index is 1.73. The Morgan fingerprint density at radius 1 is 0.667 bits per heavy atom. The summed E-state index contributed by atoms with van der Waals surface area (Å²) in [7, 11) is 0. The van der Waals surface area contributed by atoms with E-state index < -0.39 is 0 Å². The Labute approximate surface area is 303 Å². The van der Waals surface area contributed by atoms with Crippen molar-refractivity contribution in [2.45, 2.75) is 107 Å². The topological polar surface area (TPSA) is 86.5 Å². The number of rotatable bonds is 11. The zero-order valence-electron chi connectivity index (χ0n) is 31.8. The number of aryl methyl sites for hydroxylation is 4. The molecule has 51 heavy (non-hydrogen) atoms. The summed E-state index contributed by atoms with van der Waals surface area (Å²) in [6.07, 6.45) is 10.5. The number of hydrogen-bond donors (Lipinski definition) is 3. The van der Waals surface area contributed by atoms with Crippen LogP contribution < -0.4 is 5.32 Å². The van der Waals surface area contributed by atoms with E-state index in [-0.39, 0.29) is 5.91 Å². The molecule has 0 unspecified atom stereocenters. The van der Waals surface area contributed by atoms with Crippen molar-refractivity contribution in [3.63, 3.8) is 0 Å². The highest BCUT2D eigenvalue weighted by Crippen LogP contribution is 2.42. The molecule has 0 atom stereocenters. The van der Waals surface area contributed by atoms with E-state index in [1.165, 1.54) is 65.0 Å². The second-order valence-electron chi connectivity index (χ2n) is 14.3. The lowest BCUT2D eigenvalue weighted by molar-refractivity contribution is -0.111. The fourth-order valence-corrected chi connectivity index (χ4v) is 7.44. The van der Waals surface area contributed by atoms with Gasteiger partial charge in [0, 0.05) is 33.3 Å². The van der Waals surface area contributed by atoms with E-state index in [0.717, 1.165) is 92.9 Å². The van der Waals surface area contributed by atoms with E-state index in [0.29, 0.717) is 5.69 Å². The van der Waals surface area contributed by atoms with Crippen LogP contribution in [0.2, 0.25) is 0 Å². The lowest BCUT2D eigenvalue weighted by atomic mass is 9.94. The number of unbranched alkanes of at least 4 members (excludes halogenated alkanes) is 4. The molecular formula is C45H53N5O. The molecular weight excluding hydrogens is 627 g/mol. The van der Waals surface area contributed by atoms with Crippen LogP contribution in [0.1, 0.15) is 125 Å². The minimum absolute atomic E-state index is 0.237. The van der Waals surface area contributed by atoms with Gasteiger partial charge in [-0.3, -0.25) is 4.79 Å². The zero-order valence-corrected chi connectivity index (χ0v) is 31.8. The third-order valence-electron chi connectivity index (χ3n) is 11.0. The van der Waals surface area contributed by atoms with Crippen LogP contribution in [-0.4, -0.2) is 25.8 Å². The maximum absolute atomic E-state index is 12.1. The lowest BCUT2D eigenvalue weighted by Crippen LogP contribution is -2.06. The molecule has 0 aliphatic carbocycles. The summed E-state index contributed by atoms with van der Waals surface area (Å²) in [6, 6.07) is 14.8. The maximum Gasteiger partial charge on any atom is 0.247 e. The number of carbonyl (C=O) groups is 1. The smallest absolute Gasteiger partial charge is 0.247 e. The molecule has 6 rings (SSSR count). The van der Waals surface area contributed by atoms with Gasteiger partial charge in [0.1, 0.15) is 0 Å². The summed E-state index contributed by atoms with van der Waals surface area (Å²) in [5, 5.41) is 2.88. The van der Waals surface area contributed by atoms with Gasteiger partial charge in [-0.15, -0.1) is 0 Å². The maximum atomic E-state index is 12.1. The highest BCUT2D eigenvalue weighted by molar-refractivity contribution is 6.02. The number of benzene rings is 1. The second-order valence-corrected chi connectivity index (χ2v) is 14.3. The van der Waals surface area contributed by atoms with Gasteiger partial charge < -0.3 is 15.3 Å². The molecule has 4 aromatic rings. The van der Waals surface area contributed by atoms with Gasteiger partial charge >= 0.3 is 0 Å². The normalized spacial score (nSPS) is 12.9. The van der Waals surface area contributed by atoms with Gasteiger partial charge in [0.2, 0.25) is 5.91 Å². The first kappa shape index (κ1) is 35.8. The largest absolute Gasteiger partial charge is 0.355 e. The SMILES string of the molecule is C=CC(=O)Nc1ccc(-c2c3nc(cc4[nH]c(cc5[nH]c(cc6nc2C(C)=C6C)c(C)c5CCCCC)c(CCCCC)c4C)C(C)=C3C)cc1. The summed E-state index contributed by atoms with van der Waals surface area (Å²) in [5.41, 5.74) is 21.0. The summed E-state index contributed by atoms with van der Waals surface area (Å²) >= 11 is 0. The van der Waals surface area contributed by atoms with Crippen molar-refractivity contribution in [3.05, 3.63) is 100 Å². The molecule has 1 amide bonds. The first-order valence-electron chi connectivity index (χ1n) is 18.7. The summed E-state index contributed by atoms with van der Waals surface area (Å²) in [6.45, 7) is 21.3. The number of hydrogen-bond acceptors (Lipinski definition) is 3. The highest BCUT2D eigenvalue weighted by atomic mass is 16.1. The van der Waals surface area contributed by atoms with Crippen molar-refractivity contribution < 1.29 is 4.79 Å². The highest BCUT2D eigenvalue weighted by Gasteiger charge is 2.25. The minimum atomic E-state index is -0.237. The van der Waals surface area contributed by atoms with Crippen molar-refractivity contribution in [1.29, 1.82) is 0 Å². The van der Waals surface area contributed by atoms with Crippen LogP contribution >= 0.6 is 0 Å². The van der Waals surface area contributed by atoms with E-state index in [9.17, 15) is 4.79 Å². The molecule has 2 aliphatic rings. The third-order valence-corrected chi connectivity index (χ3v) is 11.0. The van der Waals surface area contributed by atoms with Crippen LogP contribution in [0.4, 0.5) is 5.69 Å². The molecule has 3 aromatic heterocycles. The van der Waals surface area contributed by atoms with Gasteiger partial charge in [-0.25, -0.2) is 9.97 Å². The van der Waals surface area contributed by atoms with Gasteiger partial charge in [0.05, 0.1) is 22.8 Å². The van der Waals surface area contributed by atoms with Gasteiger partial charge in [0.25, 0.3) is 0 Å². The van der Waals surface area contributed by atoms with Crippen molar-refractivity contribution in [3.8, 4) is 11.1 Å². The Morgan fingerprint density at radius 3 is 1.57 bits per heavy atom. The Kier molecular flexibility index (Phi) is 10.6. The first-order valence-corrected chi connectivity index (χ1v) is 18.7. The number of carbonyl (C=O) groups excluding carboxylic acids is 1. The average molecular weight is 680 g/mol. The number of H-pyrrole nitrogens is 2. The predicted octanol–water partition coefficient (Wildman–Crippen LogP) is 12.1. The number of amides is 1. The molecule has 0 saturated heterocycles. The second kappa shape index (κ2) is 15.1. The van der Waals surface area contributed by atoms with Crippen molar-refractivity contribution >= 4 is 56.0 Å². The van der Waals surface area contributed by atoms with Crippen LogP contribution in [0.5, 0.6) is 0 Å². The van der Waals surface area contributed by atoms with Gasteiger partial charge in [0.15, 0.2) is 0 Å². The Morgan fingerprint density at radius 2 is 1.14 bits per heavy atom. The van der Waals surface area contributed by atoms with E-state index >= 15 is 0 Å². The fourth-order valence-electron chi connectivity index (χ4n) is 7.44. The van der Waals surface area contributed by atoms with Crippen LogP contribution in [-0.2, 0) is 17.6 Å². The van der Waals surface area contributed by atoms with Crippen LogP contribution in [0.15, 0.2) is 55.1 Å². The molecule has 0 saturated carbocycles. The molecule has 3 N–H and O–H groups in total. The summed E-state index contributed by atoms with van der Waals surface area (Å²) in [5.74, 6) is -0.237. The first-order chi connectivity index (χ1) is 24.6. The van der Waals surface area contributed by atoms with E-state index in [2.05, 4.69) is 108 Å². The van der Waals surface area contributed by atoms with E-state index in [1.54, 1.807) is 0 Å². The molecule has 6 heteroatoms. The number of nitrogens with zero attached hydrogens (tertiary/aromatic N) is 2. The van der Waals surface area contributed by atoms with E-state index in [4.69, 9.17) is 9.97 Å². The monoisotopic (exact) mass is 679 g/mol. The number of anilines is 1. The number of allylic oxidation sites excluding steroid dienone is 4. The van der Waals surface area contributed by atoms with Crippen LogP contribution in [0.25, 0.3) is 55.5 Å². The fraction of sp³-hybridized carbons (Fsp3) is 0.356. The van der Waals surface area contributed by atoms with Crippen LogP contribution in [0, 0.1) is 13.8 Å². The lowest BCUT2D eigenvalue weighted by Gasteiger charge is -2.11. The number of aromatic amines is 2. The predicted molar refractivity (Wildman–Crippen MR) is 218 cm³/mol. The molecule has 0 spiro atoms. The summed E-state index contributed by atoms with van der Waals surface area (Å²) < 4.78 is 0. The van der Waals surface area contributed by atoms with Crippen molar-refractivity contribution in [2.24, 2.45) is 0 Å². The molecule has 2 aliphatic heterocycles. The van der Waals surface area contributed by atoms with Crippen LogP contribution in [0.3, 0.4) is 0 Å². The molecule has 6 nitrogen and oxygen atoms in total. The Hall–Kier alpha value is -4.97. The van der Waals surface area contributed by atoms with Gasteiger partial charge in [-0.05, 0) is 154 Å². The molecule has 0 fully saturated rings. The van der Waals surface area contributed by atoms with Crippen molar-refractivity contribution in [1.82, 2.24) is 19.9 Å². The third kappa shape index (κ3) is 7.01. The van der Waals surface area contributed by atoms with E-state index in [1.807, 2.05) is 12.1 Å². The quantitative estimate of drug-likeness (QED) is 0.109. The molecule has 264 valence electrons. The summed E-state index contributed by atoms with van der Waals surface area (Å²) in [4.78, 5) is 30.5. The molecule has 0 radical (unpaired) electrons. The van der Waals surface area contributed by atoms with Crippen molar-refractivity contribution in [2.75, 3.05) is 5.32 Å². The average Bonchev–Trinajstić information content (AvgIpc) is 3.77. The molecule has 8 bridgehead atoms. The zero-order chi connectivity index (χ0) is 36.4. The van der Waals surface area contributed by atoms with Gasteiger partial charge in [-0.2, -0.15) is 0 Å². The number of aromatic nitrogens is 4.